The number of carbonyl (C=O) groups excluding carboxylic acids is 1. The topological polar surface area (TPSA) is 87.5 Å². The highest BCUT2D eigenvalue weighted by Gasteiger charge is 2.19. The van der Waals surface area contributed by atoms with Gasteiger partial charge in [0.2, 0.25) is 11.9 Å². The van der Waals surface area contributed by atoms with E-state index in [2.05, 4.69) is 54.9 Å². The number of carbonyl (C=O) groups is 1. The molecule has 3 heterocycles. The lowest BCUT2D eigenvalue weighted by Gasteiger charge is -2.33. The van der Waals surface area contributed by atoms with Crippen LogP contribution in [-0.2, 0) is 11.8 Å². The quantitative estimate of drug-likeness (QED) is 0.300. The van der Waals surface area contributed by atoms with Gasteiger partial charge in [-0.1, -0.05) is 24.8 Å². The Balaban J connectivity index is 1.46. The van der Waals surface area contributed by atoms with Gasteiger partial charge in [-0.25, -0.2) is 9.97 Å². The van der Waals surface area contributed by atoms with Gasteiger partial charge in [0.1, 0.15) is 5.75 Å². The van der Waals surface area contributed by atoms with E-state index in [9.17, 15) is 4.79 Å². The maximum atomic E-state index is 12.3. The molecule has 0 radical (unpaired) electrons. The molecular formula is C29H33N7O2. The van der Waals surface area contributed by atoms with Gasteiger partial charge in [-0.2, -0.15) is 0 Å². The van der Waals surface area contributed by atoms with Gasteiger partial charge >= 0.3 is 0 Å². The van der Waals surface area contributed by atoms with Crippen LogP contribution in [0.4, 0.5) is 23.0 Å². The van der Waals surface area contributed by atoms with E-state index in [0.717, 1.165) is 54.0 Å². The summed E-state index contributed by atoms with van der Waals surface area (Å²) in [6, 6.07) is 13.9. The molecule has 1 aliphatic rings. The first-order valence-electron chi connectivity index (χ1n) is 12.7. The number of para-hydroxylation sites is 1. The number of amides is 1. The van der Waals surface area contributed by atoms with Gasteiger partial charge in [-0.3, -0.25) is 4.79 Å². The number of likely N-dealkylation sites (N-methyl/N-ethyl adjacent to an activating group) is 1. The van der Waals surface area contributed by atoms with Crippen molar-refractivity contribution in [3.63, 3.8) is 0 Å². The molecule has 9 heteroatoms. The van der Waals surface area contributed by atoms with Gasteiger partial charge in [0.15, 0.2) is 0 Å². The van der Waals surface area contributed by atoms with Crippen molar-refractivity contribution in [2.75, 3.05) is 55.9 Å². The van der Waals surface area contributed by atoms with Crippen molar-refractivity contribution >= 4 is 39.8 Å². The summed E-state index contributed by atoms with van der Waals surface area (Å²) in [6.45, 7) is 7.66. The number of hydrogen-bond acceptors (Lipinski definition) is 7. The summed E-state index contributed by atoms with van der Waals surface area (Å²) in [5, 5.41) is 7.36. The maximum Gasteiger partial charge on any atom is 0.247 e. The lowest BCUT2D eigenvalue weighted by Crippen LogP contribution is -2.42. The first-order chi connectivity index (χ1) is 18.5. The Kier molecular flexibility index (Phi) is 7.28. The van der Waals surface area contributed by atoms with Gasteiger partial charge in [0.25, 0.3) is 0 Å². The summed E-state index contributed by atoms with van der Waals surface area (Å²) in [7, 11) is 5.67. The van der Waals surface area contributed by atoms with Crippen LogP contribution in [0.2, 0.25) is 0 Å². The summed E-state index contributed by atoms with van der Waals surface area (Å²) in [4.78, 5) is 26.1. The molecule has 9 nitrogen and oxygen atoms in total. The molecule has 196 valence electrons. The molecule has 2 aromatic heterocycles. The van der Waals surface area contributed by atoms with Crippen LogP contribution >= 0.6 is 0 Å². The van der Waals surface area contributed by atoms with Gasteiger partial charge in [0.05, 0.1) is 29.9 Å². The number of fused-ring (bicyclic) bond motifs is 1. The molecular weight excluding hydrogens is 478 g/mol. The summed E-state index contributed by atoms with van der Waals surface area (Å²) >= 11 is 0. The maximum absolute atomic E-state index is 12.3. The Morgan fingerprint density at radius 2 is 2.03 bits per heavy atom. The van der Waals surface area contributed by atoms with E-state index in [1.54, 1.807) is 13.3 Å². The van der Waals surface area contributed by atoms with E-state index >= 15 is 0 Å². The standard InChI is InChI=1S/C29H33N7O2/c1-5-28(37)31-23-17-24(27(38-4)18-26(23)34(2)15-16-36-13-8-14-36)33-29-30-12-11-22(32-29)21-19-35(3)25-10-7-6-9-20(21)25/h5-7,9-12,17-19H,1,8,13-16H2,2-4H3,(H,31,37)(H,30,32,33). The van der Waals surface area contributed by atoms with Crippen LogP contribution < -0.4 is 20.3 Å². The second-order valence-corrected chi connectivity index (χ2v) is 9.44. The van der Waals surface area contributed by atoms with E-state index in [4.69, 9.17) is 9.72 Å². The molecule has 0 bridgehead atoms. The van der Waals surface area contributed by atoms with Crippen molar-refractivity contribution in [1.82, 2.24) is 19.4 Å². The zero-order chi connectivity index (χ0) is 26.6. The molecule has 38 heavy (non-hydrogen) atoms. The number of nitrogens with zero attached hydrogens (tertiary/aromatic N) is 5. The van der Waals surface area contributed by atoms with Crippen molar-refractivity contribution in [1.29, 1.82) is 0 Å². The highest BCUT2D eigenvalue weighted by atomic mass is 16.5. The second kappa shape index (κ2) is 10.9. The molecule has 5 rings (SSSR count). The summed E-state index contributed by atoms with van der Waals surface area (Å²) in [5.41, 5.74) is 5.11. The Morgan fingerprint density at radius 1 is 1.21 bits per heavy atom. The number of ether oxygens (including phenoxy) is 1. The number of methoxy groups -OCH3 is 1. The number of anilines is 4. The van der Waals surface area contributed by atoms with Crippen LogP contribution in [0.1, 0.15) is 6.42 Å². The van der Waals surface area contributed by atoms with E-state index in [1.807, 2.05) is 44.4 Å². The number of nitrogens with one attached hydrogen (secondary N) is 2. The third-order valence-corrected chi connectivity index (χ3v) is 6.95. The van der Waals surface area contributed by atoms with E-state index in [1.165, 1.54) is 12.5 Å². The fourth-order valence-electron chi connectivity index (χ4n) is 4.69. The molecule has 1 saturated heterocycles. The molecule has 0 aliphatic carbocycles. The lowest BCUT2D eigenvalue weighted by molar-refractivity contribution is -0.111. The van der Waals surface area contributed by atoms with Gasteiger partial charge < -0.3 is 29.7 Å². The predicted molar refractivity (Wildman–Crippen MR) is 153 cm³/mol. The SMILES string of the molecule is C=CC(=O)Nc1cc(Nc2nccc(-c3cn(C)c4ccccc34)n2)c(OC)cc1N(C)CCN1CCC1. The Labute approximate surface area is 222 Å². The first-order valence-corrected chi connectivity index (χ1v) is 12.7. The molecule has 4 aromatic rings. The normalized spacial score (nSPS) is 13.1. The molecule has 2 N–H and O–H groups in total. The minimum atomic E-state index is -0.285. The first kappa shape index (κ1) is 25.3. The number of aryl methyl sites for hydroxylation is 1. The van der Waals surface area contributed by atoms with Gasteiger partial charge in [0, 0.05) is 62.1 Å². The van der Waals surface area contributed by atoms with E-state index in [-0.39, 0.29) is 5.91 Å². The van der Waals surface area contributed by atoms with Crippen LogP contribution in [-0.4, -0.2) is 65.7 Å². The Hall–Kier alpha value is -4.37. The average molecular weight is 512 g/mol. The Bertz CT molecular complexity index is 1480. The molecule has 1 fully saturated rings. The number of benzene rings is 2. The van der Waals surface area contributed by atoms with Crippen LogP contribution in [0.15, 0.2) is 67.5 Å². The van der Waals surface area contributed by atoms with Gasteiger partial charge in [-0.15, -0.1) is 0 Å². The predicted octanol–water partition coefficient (Wildman–Crippen LogP) is 4.65. The highest BCUT2D eigenvalue weighted by Crippen LogP contribution is 2.38. The van der Waals surface area contributed by atoms with Crippen LogP contribution in [0.25, 0.3) is 22.2 Å². The molecule has 1 amide bonds. The minimum absolute atomic E-state index is 0.285. The van der Waals surface area contributed by atoms with Crippen molar-refractivity contribution in [2.24, 2.45) is 7.05 Å². The largest absolute Gasteiger partial charge is 0.494 e. The monoisotopic (exact) mass is 511 g/mol. The van der Waals surface area contributed by atoms with Crippen molar-refractivity contribution < 1.29 is 9.53 Å². The Morgan fingerprint density at radius 3 is 2.76 bits per heavy atom. The highest BCUT2D eigenvalue weighted by molar-refractivity contribution is 6.02. The fourth-order valence-corrected chi connectivity index (χ4v) is 4.69. The minimum Gasteiger partial charge on any atom is -0.494 e. The average Bonchev–Trinajstić information content (AvgIpc) is 3.24. The van der Waals surface area contributed by atoms with Crippen LogP contribution in [0.3, 0.4) is 0 Å². The van der Waals surface area contributed by atoms with Crippen molar-refractivity contribution in [2.45, 2.75) is 6.42 Å². The molecule has 0 atom stereocenters. The number of rotatable bonds is 10. The van der Waals surface area contributed by atoms with E-state index < -0.39 is 0 Å². The number of likely N-dealkylation sites (tertiary alicyclic amines) is 1. The summed E-state index contributed by atoms with van der Waals surface area (Å²) in [5.74, 6) is 0.757. The lowest BCUT2D eigenvalue weighted by atomic mass is 10.1. The smallest absolute Gasteiger partial charge is 0.247 e. The number of aromatic nitrogens is 3. The summed E-state index contributed by atoms with van der Waals surface area (Å²) in [6.07, 6.45) is 6.32. The van der Waals surface area contributed by atoms with Crippen LogP contribution in [0.5, 0.6) is 5.75 Å². The summed E-state index contributed by atoms with van der Waals surface area (Å²) < 4.78 is 7.83. The third-order valence-electron chi connectivity index (χ3n) is 6.95. The fraction of sp³-hybridized carbons (Fsp3) is 0.276. The molecule has 2 aromatic carbocycles. The van der Waals surface area contributed by atoms with E-state index in [0.29, 0.717) is 23.1 Å². The van der Waals surface area contributed by atoms with Crippen LogP contribution in [0, 0.1) is 0 Å². The zero-order valence-electron chi connectivity index (χ0n) is 22.1. The van der Waals surface area contributed by atoms with Crippen molar-refractivity contribution in [3.05, 3.63) is 67.5 Å². The third kappa shape index (κ3) is 5.19. The molecule has 1 aliphatic heterocycles. The van der Waals surface area contributed by atoms with Crippen molar-refractivity contribution in [3.8, 4) is 17.0 Å². The second-order valence-electron chi connectivity index (χ2n) is 9.44. The molecule has 0 spiro atoms. The number of hydrogen-bond donors (Lipinski definition) is 2. The zero-order valence-corrected chi connectivity index (χ0v) is 22.1. The molecule has 0 saturated carbocycles. The molecule has 0 unspecified atom stereocenters. The van der Waals surface area contributed by atoms with Gasteiger partial charge in [-0.05, 0) is 43.8 Å².